The Bertz CT molecular complexity index is 1430. The Labute approximate surface area is 198 Å². The van der Waals surface area contributed by atoms with Gasteiger partial charge in [0.25, 0.3) is 5.91 Å². The van der Waals surface area contributed by atoms with Gasteiger partial charge in [0.2, 0.25) is 10.0 Å². The summed E-state index contributed by atoms with van der Waals surface area (Å²) in [6, 6.07) is 29.8. The van der Waals surface area contributed by atoms with Gasteiger partial charge in [-0.05, 0) is 34.0 Å². The van der Waals surface area contributed by atoms with E-state index in [1.165, 1.54) is 4.31 Å². The predicted molar refractivity (Wildman–Crippen MR) is 133 cm³/mol. The number of hydrogen-bond donors (Lipinski definition) is 1. The summed E-state index contributed by atoms with van der Waals surface area (Å²) in [6.45, 7) is 0.228. The molecule has 7 heteroatoms. The van der Waals surface area contributed by atoms with Crippen molar-refractivity contribution in [2.24, 2.45) is 0 Å². The summed E-state index contributed by atoms with van der Waals surface area (Å²) in [5, 5.41) is 5.08. The Kier molecular flexibility index (Phi) is 5.94. The van der Waals surface area contributed by atoms with Gasteiger partial charge in [0, 0.05) is 6.54 Å². The first-order chi connectivity index (χ1) is 16.5. The number of sulfonamides is 1. The number of hydrogen-bond acceptors (Lipinski definition) is 4. The largest absolute Gasteiger partial charge is 0.476 e. The third-order valence-corrected chi connectivity index (χ3v) is 7.60. The zero-order valence-electron chi connectivity index (χ0n) is 18.4. The van der Waals surface area contributed by atoms with E-state index in [4.69, 9.17) is 4.74 Å². The van der Waals surface area contributed by atoms with E-state index in [0.717, 1.165) is 16.3 Å². The molecule has 4 aromatic rings. The molecule has 1 N–H and O–H groups in total. The normalized spacial score (nSPS) is 15.4. The van der Waals surface area contributed by atoms with Crippen molar-refractivity contribution in [3.63, 3.8) is 0 Å². The Morgan fingerprint density at radius 2 is 1.59 bits per heavy atom. The van der Waals surface area contributed by atoms with E-state index in [-0.39, 0.29) is 18.2 Å². The summed E-state index contributed by atoms with van der Waals surface area (Å²) in [5.41, 5.74) is 2.11. The molecule has 1 heterocycles. The van der Waals surface area contributed by atoms with Crippen molar-refractivity contribution in [1.82, 2.24) is 5.32 Å². The Morgan fingerprint density at radius 1 is 0.882 bits per heavy atom. The number of para-hydroxylation sites is 2. The molecule has 0 saturated heterocycles. The number of amides is 1. The number of anilines is 1. The highest BCUT2D eigenvalue weighted by atomic mass is 32.2. The molecule has 0 radical (unpaired) electrons. The van der Waals surface area contributed by atoms with Crippen LogP contribution in [0.25, 0.3) is 10.8 Å². The van der Waals surface area contributed by atoms with E-state index < -0.39 is 16.1 Å². The summed E-state index contributed by atoms with van der Waals surface area (Å²) < 4.78 is 33.9. The summed E-state index contributed by atoms with van der Waals surface area (Å²) >= 11 is 0. The second-order valence-corrected chi connectivity index (χ2v) is 10.1. The van der Waals surface area contributed by atoms with Crippen LogP contribution in [0.5, 0.6) is 5.75 Å². The number of carbonyl (C=O) groups is 1. The molecule has 1 aliphatic heterocycles. The van der Waals surface area contributed by atoms with Crippen LogP contribution in [0, 0.1) is 0 Å². The van der Waals surface area contributed by atoms with Gasteiger partial charge in [0.15, 0.2) is 6.10 Å². The Morgan fingerprint density at radius 3 is 2.44 bits per heavy atom. The molecule has 1 aliphatic rings. The van der Waals surface area contributed by atoms with Crippen molar-refractivity contribution in [2.45, 2.75) is 18.4 Å². The van der Waals surface area contributed by atoms with E-state index in [0.29, 0.717) is 23.5 Å². The molecule has 0 bridgehead atoms. The molecule has 34 heavy (non-hydrogen) atoms. The molecule has 5 rings (SSSR count). The van der Waals surface area contributed by atoms with Crippen LogP contribution < -0.4 is 14.4 Å². The van der Waals surface area contributed by atoms with Crippen LogP contribution in [0.3, 0.4) is 0 Å². The van der Waals surface area contributed by atoms with Crippen molar-refractivity contribution in [2.75, 3.05) is 10.8 Å². The molecular weight excluding hydrogens is 448 g/mol. The second kappa shape index (κ2) is 9.19. The SMILES string of the molecule is O=C(NCc1cccc2ccccc12)[C@H]1CN(S(=O)(=O)Cc2ccccc2)c2ccccc2O1. The molecule has 6 nitrogen and oxygen atoms in total. The third-order valence-electron chi connectivity index (χ3n) is 5.89. The van der Waals surface area contributed by atoms with E-state index >= 15 is 0 Å². The first kappa shape index (κ1) is 22.0. The van der Waals surface area contributed by atoms with E-state index in [1.54, 1.807) is 36.4 Å². The summed E-state index contributed by atoms with van der Waals surface area (Å²) in [6.07, 6.45) is -0.963. The predicted octanol–water partition coefficient (Wildman–Crippen LogP) is 4.25. The van der Waals surface area contributed by atoms with Gasteiger partial charge in [-0.3, -0.25) is 9.10 Å². The van der Waals surface area contributed by atoms with Crippen LogP contribution in [-0.2, 0) is 27.1 Å². The number of rotatable bonds is 6. The molecule has 0 aromatic heterocycles. The molecule has 0 unspecified atom stereocenters. The summed E-state index contributed by atoms with van der Waals surface area (Å²) in [4.78, 5) is 13.1. The number of fused-ring (bicyclic) bond motifs is 2. The first-order valence-electron chi connectivity index (χ1n) is 11.1. The summed E-state index contributed by atoms with van der Waals surface area (Å²) in [7, 11) is -3.74. The third kappa shape index (κ3) is 4.47. The molecule has 4 aromatic carbocycles. The number of nitrogens with one attached hydrogen (secondary N) is 1. The Hall–Kier alpha value is -3.84. The number of benzene rings is 4. The number of carbonyl (C=O) groups excluding carboxylic acids is 1. The highest BCUT2D eigenvalue weighted by molar-refractivity contribution is 7.92. The first-order valence-corrected chi connectivity index (χ1v) is 12.7. The van der Waals surface area contributed by atoms with Gasteiger partial charge in [-0.25, -0.2) is 8.42 Å². The minimum atomic E-state index is -3.74. The van der Waals surface area contributed by atoms with Gasteiger partial charge < -0.3 is 10.1 Å². The smallest absolute Gasteiger partial charge is 0.263 e. The average Bonchev–Trinajstić information content (AvgIpc) is 2.87. The fourth-order valence-corrected chi connectivity index (χ4v) is 5.79. The Balaban J connectivity index is 1.37. The minimum Gasteiger partial charge on any atom is -0.476 e. The van der Waals surface area contributed by atoms with Crippen molar-refractivity contribution in [1.29, 1.82) is 0 Å². The van der Waals surface area contributed by atoms with Gasteiger partial charge in [0.1, 0.15) is 5.75 Å². The lowest BCUT2D eigenvalue weighted by molar-refractivity contribution is -0.127. The molecular formula is C27H24N2O4S. The highest BCUT2D eigenvalue weighted by Gasteiger charge is 2.36. The van der Waals surface area contributed by atoms with Gasteiger partial charge in [-0.2, -0.15) is 0 Å². The molecule has 1 amide bonds. The zero-order valence-corrected chi connectivity index (χ0v) is 19.2. The fraction of sp³-hybridized carbons (Fsp3) is 0.148. The minimum absolute atomic E-state index is 0.0897. The average molecular weight is 473 g/mol. The maximum Gasteiger partial charge on any atom is 0.263 e. The van der Waals surface area contributed by atoms with Crippen molar-refractivity contribution >= 4 is 32.4 Å². The van der Waals surface area contributed by atoms with Crippen LogP contribution in [0.1, 0.15) is 11.1 Å². The number of nitrogens with zero attached hydrogens (tertiary/aromatic N) is 1. The highest BCUT2D eigenvalue weighted by Crippen LogP contribution is 2.35. The molecule has 0 spiro atoms. The molecule has 172 valence electrons. The standard InChI is InChI=1S/C27H24N2O4S/c30-27(28-17-22-13-8-12-21-11-4-5-14-23(21)22)26-18-29(24-15-6-7-16-25(24)33-26)34(31,32)19-20-9-2-1-3-10-20/h1-16,26H,17-19H2,(H,28,30)/t26-/m1/s1. The van der Waals surface area contributed by atoms with Crippen molar-refractivity contribution < 1.29 is 17.9 Å². The second-order valence-electron chi connectivity index (χ2n) is 8.20. The molecule has 0 saturated carbocycles. The zero-order chi connectivity index (χ0) is 23.5. The van der Waals surface area contributed by atoms with Crippen molar-refractivity contribution in [3.8, 4) is 5.75 Å². The topological polar surface area (TPSA) is 75.7 Å². The van der Waals surface area contributed by atoms with E-state index in [9.17, 15) is 13.2 Å². The van der Waals surface area contributed by atoms with Gasteiger partial charge in [-0.1, -0.05) is 84.9 Å². The van der Waals surface area contributed by atoms with Crippen LogP contribution in [0.2, 0.25) is 0 Å². The molecule has 0 fully saturated rings. The van der Waals surface area contributed by atoms with Crippen LogP contribution >= 0.6 is 0 Å². The number of ether oxygens (including phenoxy) is 1. The maximum absolute atomic E-state index is 13.4. The monoisotopic (exact) mass is 472 g/mol. The fourth-order valence-electron chi connectivity index (χ4n) is 4.21. The molecule has 1 atom stereocenters. The molecule has 0 aliphatic carbocycles. The lowest BCUT2D eigenvalue weighted by Crippen LogP contribution is -2.50. The maximum atomic E-state index is 13.4. The van der Waals surface area contributed by atoms with Crippen LogP contribution in [0.15, 0.2) is 97.1 Å². The lowest BCUT2D eigenvalue weighted by Gasteiger charge is -2.34. The summed E-state index contributed by atoms with van der Waals surface area (Å²) in [5.74, 6) is -0.148. The van der Waals surface area contributed by atoms with Crippen molar-refractivity contribution in [3.05, 3.63) is 108 Å². The van der Waals surface area contributed by atoms with Gasteiger partial charge >= 0.3 is 0 Å². The van der Waals surface area contributed by atoms with Crippen LogP contribution in [-0.4, -0.2) is 27.0 Å². The van der Waals surface area contributed by atoms with E-state index in [1.807, 2.05) is 60.7 Å². The van der Waals surface area contributed by atoms with Gasteiger partial charge in [0.05, 0.1) is 18.0 Å². The van der Waals surface area contributed by atoms with Crippen LogP contribution in [0.4, 0.5) is 5.69 Å². The van der Waals surface area contributed by atoms with Gasteiger partial charge in [-0.15, -0.1) is 0 Å². The lowest BCUT2D eigenvalue weighted by atomic mass is 10.0. The van der Waals surface area contributed by atoms with E-state index in [2.05, 4.69) is 5.32 Å². The quantitative estimate of drug-likeness (QED) is 0.455.